The van der Waals surface area contributed by atoms with Crippen molar-refractivity contribution in [3.8, 4) is 0 Å². The Morgan fingerprint density at radius 1 is 1.25 bits per heavy atom. The maximum absolute atomic E-state index is 11.1. The van der Waals surface area contributed by atoms with Gasteiger partial charge in [-0.3, -0.25) is 4.79 Å². The Bertz CT molecular complexity index is 346. The van der Waals surface area contributed by atoms with Gasteiger partial charge in [0.25, 0.3) is 0 Å². The Balaban J connectivity index is 2.78. The highest BCUT2D eigenvalue weighted by Crippen LogP contribution is 2.36. The third-order valence-corrected chi connectivity index (χ3v) is 4.33. The molecule has 1 radical (unpaired) electrons. The average Bonchev–Trinajstić information content (AvgIpc) is 2.30. The summed E-state index contributed by atoms with van der Waals surface area (Å²) in [4.78, 5) is 11.1. The summed E-state index contributed by atoms with van der Waals surface area (Å²) in [6, 6.07) is 0. The lowest BCUT2D eigenvalue weighted by molar-refractivity contribution is -0.190. The summed E-state index contributed by atoms with van der Waals surface area (Å²) in [6.45, 7) is 7.45. The molecule has 1 rings (SSSR count). The quantitative estimate of drug-likeness (QED) is 0.565. The number of aliphatic hydroxyl groups is 3. The standard InChI is InChI=1S/C13H24NO5S/c1-6(11(14)18)5-7-8(15)9(16)10(17)12(19-7)20-13(2,3)4/h5-10,12,15-17H,1-4H3,(H2,14,18). The molecule has 1 heterocycles. The van der Waals surface area contributed by atoms with Crippen molar-refractivity contribution in [2.45, 2.75) is 62.3 Å². The average molecular weight is 306 g/mol. The molecule has 0 aromatic carbocycles. The zero-order valence-corrected chi connectivity index (χ0v) is 13.0. The van der Waals surface area contributed by atoms with Crippen molar-refractivity contribution >= 4 is 17.7 Å². The molecule has 1 aliphatic rings. The van der Waals surface area contributed by atoms with Crippen LogP contribution in [0.1, 0.15) is 27.7 Å². The molecule has 20 heavy (non-hydrogen) atoms. The molecule has 6 atom stereocenters. The van der Waals surface area contributed by atoms with E-state index in [9.17, 15) is 20.1 Å². The first-order valence-corrected chi connectivity index (χ1v) is 7.42. The number of amides is 1. The van der Waals surface area contributed by atoms with Gasteiger partial charge in [0.15, 0.2) is 0 Å². The van der Waals surface area contributed by atoms with Crippen LogP contribution >= 0.6 is 11.8 Å². The van der Waals surface area contributed by atoms with Crippen LogP contribution in [0.3, 0.4) is 0 Å². The third-order valence-electron chi connectivity index (χ3n) is 3.00. The van der Waals surface area contributed by atoms with Gasteiger partial charge in [-0.1, -0.05) is 27.7 Å². The van der Waals surface area contributed by atoms with Gasteiger partial charge in [0.05, 0.1) is 6.10 Å². The molecule has 0 spiro atoms. The maximum atomic E-state index is 11.1. The minimum Gasteiger partial charge on any atom is -0.388 e. The van der Waals surface area contributed by atoms with Crippen molar-refractivity contribution in [2.24, 2.45) is 11.7 Å². The first-order valence-electron chi connectivity index (χ1n) is 6.54. The van der Waals surface area contributed by atoms with Crippen LogP contribution in [0.5, 0.6) is 0 Å². The van der Waals surface area contributed by atoms with Gasteiger partial charge < -0.3 is 25.8 Å². The summed E-state index contributed by atoms with van der Waals surface area (Å²) in [5, 5.41) is 29.8. The Morgan fingerprint density at radius 3 is 2.25 bits per heavy atom. The highest BCUT2D eigenvalue weighted by atomic mass is 32.2. The largest absolute Gasteiger partial charge is 0.388 e. The number of hydrogen-bond donors (Lipinski definition) is 4. The summed E-state index contributed by atoms with van der Waals surface area (Å²) in [5.74, 6) is -1.14. The summed E-state index contributed by atoms with van der Waals surface area (Å²) < 4.78 is 5.43. The van der Waals surface area contributed by atoms with E-state index in [4.69, 9.17) is 10.5 Å². The van der Waals surface area contributed by atoms with Crippen molar-refractivity contribution in [3.05, 3.63) is 6.42 Å². The highest BCUT2D eigenvalue weighted by molar-refractivity contribution is 8.01. The second-order valence-corrected chi connectivity index (χ2v) is 7.98. The number of ether oxygens (including phenoxy) is 1. The molecule has 7 heteroatoms. The number of nitrogens with two attached hydrogens (primary N) is 1. The Kier molecular flexibility index (Phi) is 5.86. The lowest BCUT2D eigenvalue weighted by Gasteiger charge is -2.42. The van der Waals surface area contributed by atoms with Crippen molar-refractivity contribution < 1.29 is 24.9 Å². The lowest BCUT2D eigenvalue weighted by atomic mass is 9.92. The Morgan fingerprint density at radius 2 is 1.80 bits per heavy atom. The molecular weight excluding hydrogens is 282 g/mol. The van der Waals surface area contributed by atoms with E-state index in [2.05, 4.69) is 0 Å². The molecule has 6 nitrogen and oxygen atoms in total. The van der Waals surface area contributed by atoms with Crippen LogP contribution in [-0.4, -0.2) is 55.8 Å². The van der Waals surface area contributed by atoms with E-state index in [-0.39, 0.29) is 4.75 Å². The molecule has 0 aromatic heterocycles. The summed E-state index contributed by atoms with van der Waals surface area (Å²) in [6.07, 6.45) is -3.20. The zero-order valence-electron chi connectivity index (χ0n) is 12.2. The number of carbonyl (C=O) groups is 1. The fourth-order valence-electron chi connectivity index (χ4n) is 1.86. The molecule has 0 bridgehead atoms. The second kappa shape index (κ2) is 6.62. The molecule has 1 saturated heterocycles. The first-order chi connectivity index (χ1) is 9.03. The van der Waals surface area contributed by atoms with Gasteiger partial charge in [-0.25, -0.2) is 0 Å². The van der Waals surface area contributed by atoms with Crippen LogP contribution in [0.4, 0.5) is 0 Å². The maximum Gasteiger partial charge on any atom is 0.220 e. The molecular formula is C13H24NO5S. The predicted molar refractivity (Wildman–Crippen MR) is 76.7 cm³/mol. The van der Waals surface area contributed by atoms with Gasteiger partial charge in [-0.15, -0.1) is 11.8 Å². The van der Waals surface area contributed by atoms with Crippen molar-refractivity contribution in [2.75, 3.05) is 0 Å². The molecule has 1 fully saturated rings. The minimum atomic E-state index is -1.33. The molecule has 6 unspecified atom stereocenters. The van der Waals surface area contributed by atoms with Crippen LogP contribution in [0.15, 0.2) is 0 Å². The highest BCUT2D eigenvalue weighted by Gasteiger charge is 2.45. The topological polar surface area (TPSA) is 113 Å². The van der Waals surface area contributed by atoms with E-state index in [1.165, 1.54) is 18.2 Å². The number of hydrogen-bond acceptors (Lipinski definition) is 6. The van der Waals surface area contributed by atoms with Crippen LogP contribution in [0, 0.1) is 12.3 Å². The van der Waals surface area contributed by atoms with Crippen LogP contribution in [0.2, 0.25) is 0 Å². The third kappa shape index (κ3) is 4.60. The van der Waals surface area contributed by atoms with Gasteiger partial charge in [-0.2, -0.15) is 0 Å². The Labute approximate surface area is 123 Å². The van der Waals surface area contributed by atoms with Gasteiger partial charge >= 0.3 is 0 Å². The van der Waals surface area contributed by atoms with Crippen LogP contribution < -0.4 is 5.73 Å². The van der Waals surface area contributed by atoms with Gasteiger partial charge in [0, 0.05) is 17.1 Å². The van der Waals surface area contributed by atoms with Gasteiger partial charge in [-0.05, 0) is 0 Å². The first kappa shape index (κ1) is 17.7. The van der Waals surface area contributed by atoms with E-state index in [0.29, 0.717) is 0 Å². The minimum absolute atomic E-state index is 0.187. The zero-order chi connectivity index (χ0) is 15.7. The van der Waals surface area contributed by atoms with Crippen molar-refractivity contribution in [1.29, 1.82) is 0 Å². The monoisotopic (exact) mass is 306 g/mol. The predicted octanol–water partition coefficient (Wildman–Crippen LogP) is -0.349. The summed E-state index contributed by atoms with van der Waals surface area (Å²) >= 11 is 1.35. The summed E-state index contributed by atoms with van der Waals surface area (Å²) in [5.41, 5.74) is 4.49. The second-order valence-electron chi connectivity index (χ2n) is 6.05. The van der Waals surface area contributed by atoms with Crippen molar-refractivity contribution in [3.63, 3.8) is 0 Å². The van der Waals surface area contributed by atoms with Gasteiger partial charge in [0.2, 0.25) is 5.91 Å². The Hall–Kier alpha value is -0.340. The van der Waals surface area contributed by atoms with E-state index < -0.39 is 41.7 Å². The van der Waals surface area contributed by atoms with E-state index >= 15 is 0 Å². The molecule has 0 aliphatic carbocycles. The van der Waals surface area contributed by atoms with E-state index in [1.54, 1.807) is 6.92 Å². The molecule has 117 valence electrons. The molecule has 1 aliphatic heterocycles. The fraction of sp³-hybridized carbons (Fsp3) is 0.846. The number of carbonyl (C=O) groups excluding carboxylic acids is 1. The SMILES string of the molecule is CC([CH]C1OC(SC(C)(C)C)C(O)C(O)C1O)C(N)=O. The van der Waals surface area contributed by atoms with Crippen LogP contribution in [-0.2, 0) is 9.53 Å². The van der Waals surface area contributed by atoms with Crippen molar-refractivity contribution in [1.82, 2.24) is 0 Å². The number of rotatable bonds is 4. The number of primary amides is 1. The molecule has 0 aromatic rings. The fourth-order valence-corrected chi connectivity index (χ4v) is 3.04. The van der Waals surface area contributed by atoms with E-state index in [0.717, 1.165) is 0 Å². The lowest BCUT2D eigenvalue weighted by Crippen LogP contribution is -2.57. The van der Waals surface area contributed by atoms with E-state index in [1.807, 2.05) is 20.8 Å². The normalized spacial score (nSPS) is 36.6. The smallest absolute Gasteiger partial charge is 0.220 e. The summed E-state index contributed by atoms with van der Waals surface area (Å²) in [7, 11) is 0. The molecule has 1 amide bonds. The van der Waals surface area contributed by atoms with Crippen LogP contribution in [0.25, 0.3) is 0 Å². The van der Waals surface area contributed by atoms with Gasteiger partial charge in [0.1, 0.15) is 23.7 Å². The molecule has 5 N–H and O–H groups in total. The molecule has 0 saturated carbocycles. The number of aliphatic hydroxyl groups excluding tert-OH is 3. The number of thioether (sulfide) groups is 1.